The molecule has 0 bridgehead atoms. The zero-order valence-corrected chi connectivity index (χ0v) is 12.8. The first-order valence-electron chi connectivity index (χ1n) is 7.15. The van der Waals surface area contributed by atoms with Crippen LogP contribution < -0.4 is 10.6 Å². The molecule has 0 spiro atoms. The molecule has 0 aliphatic rings. The highest BCUT2D eigenvalue weighted by Crippen LogP contribution is 2.17. The van der Waals surface area contributed by atoms with E-state index < -0.39 is 18.0 Å². The maximum absolute atomic E-state index is 11.8. The van der Waals surface area contributed by atoms with E-state index in [0.717, 1.165) is 12.0 Å². The largest absolute Gasteiger partial charge is 0.480 e. The van der Waals surface area contributed by atoms with Gasteiger partial charge in [0, 0.05) is 13.0 Å². The van der Waals surface area contributed by atoms with Gasteiger partial charge in [-0.1, -0.05) is 51.1 Å². The summed E-state index contributed by atoms with van der Waals surface area (Å²) in [6.45, 7) is 6.65. The highest BCUT2D eigenvalue weighted by atomic mass is 16.4. The Balaban J connectivity index is 2.55. The molecular formula is C16H24N2O3. The lowest BCUT2D eigenvalue weighted by atomic mass is 9.90. The van der Waals surface area contributed by atoms with Crippen molar-refractivity contribution in [2.75, 3.05) is 6.54 Å². The zero-order valence-electron chi connectivity index (χ0n) is 12.8. The molecule has 5 nitrogen and oxygen atoms in total. The number of hydrogen-bond donors (Lipinski definition) is 3. The van der Waals surface area contributed by atoms with E-state index in [1.165, 1.54) is 0 Å². The van der Waals surface area contributed by atoms with Crippen LogP contribution >= 0.6 is 0 Å². The Labute approximate surface area is 125 Å². The molecule has 2 amide bonds. The summed E-state index contributed by atoms with van der Waals surface area (Å²) in [5, 5.41) is 14.5. The molecule has 3 N–H and O–H groups in total. The Bertz CT molecular complexity index is 472. The fraction of sp³-hybridized carbons (Fsp3) is 0.500. The second kappa shape index (κ2) is 7.67. The lowest BCUT2D eigenvalue weighted by Gasteiger charge is -2.23. The van der Waals surface area contributed by atoms with Crippen molar-refractivity contribution in [1.29, 1.82) is 0 Å². The van der Waals surface area contributed by atoms with E-state index in [1.54, 1.807) is 0 Å². The first-order chi connectivity index (χ1) is 9.84. The van der Waals surface area contributed by atoms with Crippen molar-refractivity contribution in [2.24, 2.45) is 5.41 Å². The van der Waals surface area contributed by atoms with E-state index in [9.17, 15) is 14.7 Å². The number of carboxylic acids is 1. The molecule has 0 aliphatic carbocycles. The maximum Gasteiger partial charge on any atom is 0.326 e. The molecule has 116 valence electrons. The van der Waals surface area contributed by atoms with Crippen LogP contribution in [0.3, 0.4) is 0 Å². The molecule has 0 saturated carbocycles. The van der Waals surface area contributed by atoms with Crippen LogP contribution in [0.15, 0.2) is 30.3 Å². The van der Waals surface area contributed by atoms with Crippen LogP contribution in [0.2, 0.25) is 0 Å². The maximum atomic E-state index is 11.8. The summed E-state index contributed by atoms with van der Waals surface area (Å²) in [7, 11) is 0. The van der Waals surface area contributed by atoms with Crippen LogP contribution in [-0.2, 0) is 11.2 Å². The molecule has 0 aliphatic heterocycles. The van der Waals surface area contributed by atoms with Crippen LogP contribution in [0.5, 0.6) is 0 Å². The third-order valence-corrected chi connectivity index (χ3v) is 3.57. The van der Waals surface area contributed by atoms with Gasteiger partial charge < -0.3 is 15.7 Å². The fourth-order valence-corrected chi connectivity index (χ4v) is 1.70. The number of rotatable bonds is 7. The van der Waals surface area contributed by atoms with Crippen molar-refractivity contribution < 1.29 is 14.7 Å². The average molecular weight is 292 g/mol. The lowest BCUT2D eigenvalue weighted by Crippen LogP contribution is -2.48. The number of carboxylic acid groups (broad SMARTS) is 1. The van der Waals surface area contributed by atoms with Gasteiger partial charge in [-0.05, 0) is 17.4 Å². The first-order valence-corrected chi connectivity index (χ1v) is 7.15. The number of hydrogen-bond acceptors (Lipinski definition) is 2. The highest BCUT2D eigenvalue weighted by Gasteiger charge is 2.22. The van der Waals surface area contributed by atoms with Crippen LogP contribution in [0.25, 0.3) is 0 Å². The number of amides is 2. The smallest absolute Gasteiger partial charge is 0.326 e. The highest BCUT2D eigenvalue weighted by molar-refractivity contribution is 5.82. The monoisotopic (exact) mass is 292 g/mol. The number of aliphatic carboxylic acids is 1. The second-order valence-electron chi connectivity index (χ2n) is 5.93. The van der Waals surface area contributed by atoms with Crippen molar-refractivity contribution in [3.05, 3.63) is 35.9 Å². The minimum atomic E-state index is -1.04. The van der Waals surface area contributed by atoms with Gasteiger partial charge in [-0.25, -0.2) is 9.59 Å². The van der Waals surface area contributed by atoms with Gasteiger partial charge in [0.25, 0.3) is 0 Å². The predicted molar refractivity (Wildman–Crippen MR) is 82.2 cm³/mol. The number of carbonyl (C=O) groups is 2. The van der Waals surface area contributed by atoms with E-state index in [4.69, 9.17) is 0 Å². The molecule has 0 aromatic heterocycles. The topological polar surface area (TPSA) is 78.4 Å². The van der Waals surface area contributed by atoms with Crippen molar-refractivity contribution in [3.63, 3.8) is 0 Å². The normalized spacial score (nSPS) is 12.5. The Morgan fingerprint density at radius 3 is 2.38 bits per heavy atom. The summed E-state index contributed by atoms with van der Waals surface area (Å²) in [5.74, 6) is -1.04. The van der Waals surface area contributed by atoms with Crippen molar-refractivity contribution in [3.8, 4) is 0 Å². The number of benzene rings is 1. The van der Waals surface area contributed by atoms with Gasteiger partial charge in [-0.2, -0.15) is 0 Å². The van der Waals surface area contributed by atoms with Crippen LogP contribution in [0.1, 0.15) is 32.8 Å². The SMILES string of the molecule is CCC(C)(C)CNC(=O)N[C@H](Cc1ccccc1)C(=O)O. The lowest BCUT2D eigenvalue weighted by molar-refractivity contribution is -0.139. The molecule has 0 heterocycles. The van der Waals surface area contributed by atoms with E-state index in [0.29, 0.717) is 6.54 Å². The quantitative estimate of drug-likeness (QED) is 0.722. The van der Waals surface area contributed by atoms with Crippen LogP contribution in [-0.4, -0.2) is 29.7 Å². The third kappa shape index (κ3) is 6.29. The van der Waals surface area contributed by atoms with Gasteiger partial charge in [-0.3, -0.25) is 0 Å². The molecule has 0 saturated heterocycles. The molecule has 1 rings (SSSR count). The fourth-order valence-electron chi connectivity index (χ4n) is 1.70. The van der Waals surface area contributed by atoms with Crippen molar-refractivity contribution >= 4 is 12.0 Å². The summed E-state index contributed by atoms with van der Waals surface area (Å²) >= 11 is 0. The predicted octanol–water partition coefficient (Wildman–Crippen LogP) is 2.42. The molecule has 5 heteroatoms. The van der Waals surface area contributed by atoms with Crippen molar-refractivity contribution in [2.45, 2.75) is 39.7 Å². The number of nitrogens with one attached hydrogen (secondary N) is 2. The molecule has 1 aromatic carbocycles. The Kier molecular flexibility index (Phi) is 6.21. The van der Waals surface area contributed by atoms with E-state index >= 15 is 0 Å². The first kappa shape index (κ1) is 17.0. The Morgan fingerprint density at radius 1 is 1.24 bits per heavy atom. The van der Waals surface area contributed by atoms with E-state index in [1.807, 2.05) is 44.2 Å². The molecule has 1 atom stereocenters. The molecular weight excluding hydrogens is 268 g/mol. The van der Waals surface area contributed by atoms with Crippen LogP contribution in [0.4, 0.5) is 4.79 Å². The van der Waals surface area contributed by atoms with Crippen molar-refractivity contribution in [1.82, 2.24) is 10.6 Å². The van der Waals surface area contributed by atoms with Gasteiger partial charge >= 0.3 is 12.0 Å². The second-order valence-corrected chi connectivity index (χ2v) is 5.93. The summed E-state index contributed by atoms with van der Waals surface area (Å²) in [6.07, 6.45) is 1.19. The minimum Gasteiger partial charge on any atom is -0.480 e. The van der Waals surface area contributed by atoms with Gasteiger partial charge in [0.05, 0.1) is 0 Å². The van der Waals surface area contributed by atoms with Gasteiger partial charge in [0.1, 0.15) is 6.04 Å². The van der Waals surface area contributed by atoms with Crippen LogP contribution in [0, 0.1) is 5.41 Å². The van der Waals surface area contributed by atoms with Gasteiger partial charge in [-0.15, -0.1) is 0 Å². The third-order valence-electron chi connectivity index (χ3n) is 3.57. The molecule has 0 fully saturated rings. The van der Waals surface area contributed by atoms with E-state index in [2.05, 4.69) is 17.6 Å². The summed E-state index contributed by atoms with van der Waals surface area (Å²) in [5.41, 5.74) is 0.870. The molecule has 21 heavy (non-hydrogen) atoms. The van der Waals surface area contributed by atoms with Gasteiger partial charge in [0.15, 0.2) is 0 Å². The number of urea groups is 1. The summed E-state index contributed by atoms with van der Waals surface area (Å²) in [6, 6.07) is 7.87. The summed E-state index contributed by atoms with van der Waals surface area (Å²) in [4.78, 5) is 23.1. The molecule has 1 aromatic rings. The molecule has 0 radical (unpaired) electrons. The Hall–Kier alpha value is -2.04. The Morgan fingerprint density at radius 2 is 1.86 bits per heavy atom. The number of carbonyl (C=O) groups excluding carboxylic acids is 1. The van der Waals surface area contributed by atoms with E-state index in [-0.39, 0.29) is 11.8 Å². The zero-order chi connectivity index (χ0) is 15.9. The summed E-state index contributed by atoms with van der Waals surface area (Å²) < 4.78 is 0. The standard InChI is InChI=1S/C16H24N2O3/c1-4-16(2,3)11-17-15(21)18-13(14(19)20)10-12-8-6-5-7-9-12/h5-9,13H,4,10-11H2,1-3H3,(H,19,20)(H2,17,18,21)/t13-/m1/s1. The molecule has 0 unspecified atom stereocenters. The van der Waals surface area contributed by atoms with Gasteiger partial charge in [0.2, 0.25) is 0 Å². The average Bonchev–Trinajstić information content (AvgIpc) is 2.45. The minimum absolute atomic E-state index is 0.00447.